The predicted molar refractivity (Wildman–Crippen MR) is 157 cm³/mol. The Morgan fingerprint density at radius 3 is 2.39 bits per heavy atom. The van der Waals surface area contributed by atoms with Gasteiger partial charge in [-0.15, -0.1) is 0 Å². The predicted octanol–water partition coefficient (Wildman–Crippen LogP) is 8.65. The van der Waals surface area contributed by atoms with Gasteiger partial charge in [0.15, 0.2) is 5.65 Å². The molecule has 0 radical (unpaired) electrons. The molecule has 0 fully saturated rings. The van der Waals surface area contributed by atoms with Crippen LogP contribution in [-0.2, 0) is 0 Å². The zero-order valence-corrected chi connectivity index (χ0v) is 23.6. The number of benzene rings is 3. The van der Waals surface area contributed by atoms with Crippen LogP contribution in [-0.4, -0.2) is 20.1 Å². The minimum Gasteiger partial charge on any atom is -0.508 e. The molecular formula is C30H27BrN4O2S. The van der Waals surface area contributed by atoms with Gasteiger partial charge in [0, 0.05) is 26.0 Å². The summed E-state index contributed by atoms with van der Waals surface area (Å²) in [6.07, 6.45) is 1.40. The molecule has 0 amide bonds. The summed E-state index contributed by atoms with van der Waals surface area (Å²) in [5, 5.41) is 14.0. The molecule has 0 spiro atoms. The third-order valence-corrected chi connectivity index (χ3v) is 7.64. The summed E-state index contributed by atoms with van der Waals surface area (Å²) in [7, 11) is 0. The Morgan fingerprint density at radius 2 is 1.66 bits per heavy atom. The number of halogens is 1. The van der Waals surface area contributed by atoms with Crippen LogP contribution >= 0.6 is 27.7 Å². The Balaban J connectivity index is 1.50. The number of fused-ring (bicyclic) bond motifs is 1. The zero-order valence-electron chi connectivity index (χ0n) is 21.2. The summed E-state index contributed by atoms with van der Waals surface area (Å²) in [6.45, 7) is 6.26. The molecule has 5 rings (SSSR count). The minimum absolute atomic E-state index is 0.134. The van der Waals surface area contributed by atoms with Crippen molar-refractivity contribution in [1.29, 1.82) is 0 Å². The second-order valence-electron chi connectivity index (χ2n) is 9.17. The summed E-state index contributed by atoms with van der Waals surface area (Å²) in [5.41, 5.74) is 3.57. The van der Waals surface area contributed by atoms with E-state index < -0.39 is 0 Å². The SMILES string of the molecule is CC(C)c1ccc2c(Nc3cc(OC(C)c4ccc(Br)cc4)ccc3Sc3ccc(O)cc3)ncnc2n1. The fraction of sp³-hybridized carbons (Fsp3) is 0.167. The number of aromatic nitrogens is 3. The van der Waals surface area contributed by atoms with Crippen LogP contribution in [0.3, 0.4) is 0 Å². The molecule has 192 valence electrons. The van der Waals surface area contributed by atoms with Gasteiger partial charge in [-0.1, -0.05) is 53.7 Å². The molecule has 1 unspecified atom stereocenters. The Labute approximate surface area is 234 Å². The van der Waals surface area contributed by atoms with Crippen molar-refractivity contribution in [2.24, 2.45) is 0 Å². The lowest BCUT2D eigenvalue weighted by Gasteiger charge is -2.18. The van der Waals surface area contributed by atoms with Crippen LogP contribution < -0.4 is 10.1 Å². The van der Waals surface area contributed by atoms with Gasteiger partial charge in [-0.3, -0.25) is 0 Å². The fourth-order valence-electron chi connectivity index (χ4n) is 3.92. The van der Waals surface area contributed by atoms with Crippen LogP contribution in [0.2, 0.25) is 0 Å². The number of hydrogen-bond acceptors (Lipinski definition) is 7. The molecular weight excluding hydrogens is 560 g/mol. The molecule has 38 heavy (non-hydrogen) atoms. The van der Waals surface area contributed by atoms with Crippen molar-refractivity contribution < 1.29 is 9.84 Å². The molecule has 8 heteroatoms. The van der Waals surface area contributed by atoms with E-state index in [9.17, 15) is 5.11 Å². The quantitative estimate of drug-likeness (QED) is 0.188. The van der Waals surface area contributed by atoms with Gasteiger partial charge in [0.05, 0.1) is 11.1 Å². The molecule has 0 bridgehead atoms. The van der Waals surface area contributed by atoms with Gasteiger partial charge in [-0.2, -0.15) is 0 Å². The van der Waals surface area contributed by atoms with Gasteiger partial charge in [0.1, 0.15) is 29.7 Å². The number of rotatable bonds is 8. The highest BCUT2D eigenvalue weighted by Crippen LogP contribution is 2.39. The number of phenolic OH excluding ortho intramolecular Hbond substituents is 1. The topological polar surface area (TPSA) is 80.2 Å². The van der Waals surface area contributed by atoms with E-state index in [2.05, 4.69) is 45.1 Å². The van der Waals surface area contributed by atoms with Crippen LogP contribution in [0.4, 0.5) is 11.5 Å². The van der Waals surface area contributed by atoms with Crippen LogP contribution in [0, 0.1) is 0 Å². The third kappa shape index (κ3) is 6.09. The average molecular weight is 588 g/mol. The third-order valence-electron chi connectivity index (χ3n) is 6.03. The number of anilines is 2. The molecule has 5 aromatic rings. The maximum absolute atomic E-state index is 9.70. The van der Waals surface area contributed by atoms with E-state index in [0.717, 1.165) is 42.3 Å². The number of pyridine rings is 1. The van der Waals surface area contributed by atoms with E-state index in [0.29, 0.717) is 17.4 Å². The Bertz CT molecular complexity index is 1560. The molecule has 3 aromatic carbocycles. The molecule has 0 aliphatic heterocycles. The molecule has 0 aliphatic carbocycles. The monoisotopic (exact) mass is 586 g/mol. The molecule has 0 saturated heterocycles. The second kappa shape index (κ2) is 11.4. The zero-order chi connectivity index (χ0) is 26.6. The molecule has 1 atom stereocenters. The van der Waals surface area contributed by atoms with Crippen LogP contribution in [0.15, 0.2) is 99.5 Å². The van der Waals surface area contributed by atoms with Gasteiger partial charge in [0.25, 0.3) is 0 Å². The lowest BCUT2D eigenvalue weighted by Crippen LogP contribution is -2.04. The van der Waals surface area contributed by atoms with Crippen LogP contribution in [0.25, 0.3) is 11.0 Å². The maximum atomic E-state index is 9.70. The van der Waals surface area contributed by atoms with Crippen molar-refractivity contribution in [3.63, 3.8) is 0 Å². The van der Waals surface area contributed by atoms with Crippen LogP contribution in [0.1, 0.15) is 44.1 Å². The summed E-state index contributed by atoms with van der Waals surface area (Å²) < 4.78 is 7.36. The van der Waals surface area contributed by atoms with Gasteiger partial charge < -0.3 is 15.2 Å². The molecule has 0 aliphatic rings. The summed E-state index contributed by atoms with van der Waals surface area (Å²) >= 11 is 5.08. The van der Waals surface area contributed by atoms with E-state index in [1.165, 1.54) is 6.33 Å². The molecule has 2 N–H and O–H groups in total. The Morgan fingerprint density at radius 1 is 0.895 bits per heavy atom. The van der Waals surface area contributed by atoms with E-state index >= 15 is 0 Å². The first-order valence-corrected chi connectivity index (χ1v) is 13.9. The fourth-order valence-corrected chi connectivity index (χ4v) is 5.07. The van der Waals surface area contributed by atoms with Gasteiger partial charge in [0.2, 0.25) is 0 Å². The highest BCUT2D eigenvalue weighted by molar-refractivity contribution is 9.10. The highest BCUT2D eigenvalue weighted by atomic mass is 79.9. The van der Waals surface area contributed by atoms with E-state index in [4.69, 9.17) is 9.72 Å². The molecule has 6 nitrogen and oxygen atoms in total. The Hall–Kier alpha value is -3.62. The number of ether oxygens (including phenoxy) is 1. The largest absolute Gasteiger partial charge is 0.508 e. The van der Waals surface area contributed by atoms with Crippen molar-refractivity contribution in [2.75, 3.05) is 5.32 Å². The summed E-state index contributed by atoms with van der Waals surface area (Å²) in [4.78, 5) is 15.6. The first-order valence-electron chi connectivity index (χ1n) is 12.3. The smallest absolute Gasteiger partial charge is 0.164 e. The van der Waals surface area contributed by atoms with Gasteiger partial charge in [-0.25, -0.2) is 15.0 Å². The van der Waals surface area contributed by atoms with Crippen molar-refractivity contribution in [2.45, 2.75) is 42.6 Å². The Kier molecular flexibility index (Phi) is 7.81. The second-order valence-corrected chi connectivity index (χ2v) is 11.2. The number of nitrogens with one attached hydrogen (secondary N) is 1. The average Bonchev–Trinajstić information content (AvgIpc) is 2.91. The van der Waals surface area contributed by atoms with Gasteiger partial charge in [-0.05, 0) is 79.1 Å². The van der Waals surface area contributed by atoms with E-state index in [-0.39, 0.29) is 11.9 Å². The highest BCUT2D eigenvalue weighted by Gasteiger charge is 2.14. The molecule has 0 saturated carbocycles. The normalized spacial score (nSPS) is 12.0. The lowest BCUT2D eigenvalue weighted by atomic mass is 10.1. The van der Waals surface area contributed by atoms with Crippen molar-refractivity contribution in [3.05, 3.63) is 101 Å². The van der Waals surface area contributed by atoms with E-state index in [1.807, 2.05) is 73.7 Å². The maximum Gasteiger partial charge on any atom is 0.164 e. The number of hydrogen-bond donors (Lipinski definition) is 2. The summed E-state index contributed by atoms with van der Waals surface area (Å²) in [5.74, 6) is 1.94. The lowest BCUT2D eigenvalue weighted by molar-refractivity contribution is 0.227. The van der Waals surface area contributed by atoms with Gasteiger partial charge >= 0.3 is 0 Å². The van der Waals surface area contributed by atoms with Crippen LogP contribution in [0.5, 0.6) is 11.5 Å². The van der Waals surface area contributed by atoms with E-state index in [1.54, 1.807) is 23.9 Å². The first kappa shape index (κ1) is 26.0. The van der Waals surface area contributed by atoms with Crippen molar-refractivity contribution in [3.8, 4) is 11.5 Å². The van der Waals surface area contributed by atoms with Crippen molar-refractivity contribution >= 4 is 50.2 Å². The standard InChI is InChI=1S/C30H27BrN4O2S/c1-18(2)26-14-13-25-29(34-26)32-17-33-30(25)35-27-16-23(37-19(3)20-4-6-21(31)7-5-20)10-15-28(27)38-24-11-8-22(36)9-12-24/h4-19,36H,1-3H3,(H,32,33,34,35). The first-order chi connectivity index (χ1) is 18.4. The number of phenols is 1. The minimum atomic E-state index is -0.134. The summed E-state index contributed by atoms with van der Waals surface area (Å²) in [6, 6.07) is 25.3. The van der Waals surface area contributed by atoms with Crippen molar-refractivity contribution in [1.82, 2.24) is 15.0 Å². The molecule has 2 aromatic heterocycles. The number of nitrogens with zero attached hydrogens (tertiary/aromatic N) is 3. The number of aromatic hydroxyl groups is 1. The molecule has 2 heterocycles.